The highest BCUT2D eigenvalue weighted by atomic mass is 32.2. The Morgan fingerprint density at radius 3 is 2.46 bits per heavy atom. The van der Waals surface area contributed by atoms with Crippen molar-refractivity contribution in [1.82, 2.24) is 19.5 Å². The van der Waals surface area contributed by atoms with E-state index in [1.165, 1.54) is 24.3 Å². The SMILES string of the molecule is CN(C)C[C@@H]1CN(Cc2ccncc2)C[C@H]1NS(=O)(=O)c1ccc(C#N)cc1. The lowest BCUT2D eigenvalue weighted by molar-refractivity contribution is 0.283. The van der Waals surface area contributed by atoms with Gasteiger partial charge in [0.1, 0.15) is 0 Å². The molecule has 0 spiro atoms. The van der Waals surface area contributed by atoms with Gasteiger partial charge in [-0.15, -0.1) is 0 Å². The molecule has 0 unspecified atom stereocenters. The van der Waals surface area contributed by atoms with Gasteiger partial charge in [0.05, 0.1) is 16.5 Å². The summed E-state index contributed by atoms with van der Waals surface area (Å²) in [4.78, 5) is 8.59. The van der Waals surface area contributed by atoms with Gasteiger partial charge in [-0.3, -0.25) is 9.88 Å². The maximum atomic E-state index is 12.8. The van der Waals surface area contributed by atoms with Crippen molar-refractivity contribution in [3.63, 3.8) is 0 Å². The molecule has 1 N–H and O–H groups in total. The molecule has 0 aliphatic carbocycles. The van der Waals surface area contributed by atoms with E-state index in [1.807, 2.05) is 32.3 Å². The molecule has 0 saturated carbocycles. The molecule has 1 saturated heterocycles. The fourth-order valence-electron chi connectivity index (χ4n) is 3.60. The van der Waals surface area contributed by atoms with E-state index < -0.39 is 10.0 Å². The Morgan fingerprint density at radius 1 is 1.18 bits per heavy atom. The smallest absolute Gasteiger partial charge is 0.240 e. The number of nitrogens with one attached hydrogen (secondary N) is 1. The highest BCUT2D eigenvalue weighted by molar-refractivity contribution is 7.89. The third-order valence-electron chi connectivity index (χ3n) is 4.87. The first-order valence-electron chi connectivity index (χ1n) is 9.16. The summed E-state index contributed by atoms with van der Waals surface area (Å²) < 4.78 is 28.6. The molecule has 1 aliphatic rings. The van der Waals surface area contributed by atoms with E-state index in [4.69, 9.17) is 5.26 Å². The second kappa shape index (κ2) is 8.80. The monoisotopic (exact) mass is 399 g/mol. The molecule has 0 bridgehead atoms. The number of nitrogens with zero attached hydrogens (tertiary/aromatic N) is 4. The maximum Gasteiger partial charge on any atom is 0.240 e. The van der Waals surface area contributed by atoms with Gasteiger partial charge in [-0.05, 0) is 56.1 Å². The van der Waals surface area contributed by atoms with Crippen molar-refractivity contribution in [2.75, 3.05) is 33.7 Å². The van der Waals surface area contributed by atoms with Crippen molar-refractivity contribution in [2.24, 2.45) is 5.92 Å². The normalized spacial score (nSPS) is 20.4. The average molecular weight is 400 g/mol. The molecular weight excluding hydrogens is 374 g/mol. The van der Waals surface area contributed by atoms with Crippen LogP contribution in [0.5, 0.6) is 0 Å². The van der Waals surface area contributed by atoms with Crippen LogP contribution in [0.15, 0.2) is 53.7 Å². The van der Waals surface area contributed by atoms with E-state index in [1.54, 1.807) is 12.4 Å². The second-order valence-corrected chi connectivity index (χ2v) is 9.15. The minimum absolute atomic E-state index is 0.176. The Bertz CT molecular complexity index is 923. The highest BCUT2D eigenvalue weighted by Gasteiger charge is 2.35. The van der Waals surface area contributed by atoms with Gasteiger partial charge in [0.25, 0.3) is 0 Å². The Labute approximate surface area is 166 Å². The Kier molecular flexibility index (Phi) is 6.42. The number of aromatic nitrogens is 1. The summed E-state index contributed by atoms with van der Waals surface area (Å²) in [5, 5.41) is 8.90. The maximum absolute atomic E-state index is 12.8. The molecule has 0 amide bonds. The van der Waals surface area contributed by atoms with Crippen molar-refractivity contribution in [3.8, 4) is 6.07 Å². The van der Waals surface area contributed by atoms with Crippen molar-refractivity contribution < 1.29 is 8.42 Å². The number of nitriles is 1. The first-order valence-corrected chi connectivity index (χ1v) is 10.6. The van der Waals surface area contributed by atoms with Crippen LogP contribution >= 0.6 is 0 Å². The quantitative estimate of drug-likeness (QED) is 0.755. The molecule has 1 fully saturated rings. The summed E-state index contributed by atoms with van der Waals surface area (Å²) in [6.45, 7) is 3.03. The molecule has 0 radical (unpaired) electrons. The minimum Gasteiger partial charge on any atom is -0.309 e. The molecule has 1 aromatic carbocycles. The molecule has 2 heterocycles. The highest BCUT2D eigenvalue weighted by Crippen LogP contribution is 2.22. The lowest BCUT2D eigenvalue weighted by atomic mass is 10.0. The van der Waals surface area contributed by atoms with E-state index in [0.29, 0.717) is 12.1 Å². The fourth-order valence-corrected chi connectivity index (χ4v) is 4.90. The van der Waals surface area contributed by atoms with Crippen LogP contribution in [-0.2, 0) is 16.6 Å². The molecule has 2 atom stereocenters. The van der Waals surface area contributed by atoms with E-state index in [9.17, 15) is 8.42 Å². The number of pyridine rings is 1. The van der Waals surface area contributed by atoms with Crippen LogP contribution < -0.4 is 4.72 Å². The average Bonchev–Trinajstić information content (AvgIpc) is 3.02. The lowest BCUT2D eigenvalue weighted by Crippen LogP contribution is -2.43. The van der Waals surface area contributed by atoms with Gasteiger partial charge in [0.15, 0.2) is 0 Å². The van der Waals surface area contributed by atoms with E-state index in [0.717, 1.165) is 25.2 Å². The van der Waals surface area contributed by atoms with Crippen LogP contribution in [-0.4, -0.2) is 63.0 Å². The van der Waals surface area contributed by atoms with Crippen LogP contribution in [0, 0.1) is 17.2 Å². The van der Waals surface area contributed by atoms with Gasteiger partial charge in [-0.25, -0.2) is 13.1 Å². The second-order valence-electron chi connectivity index (χ2n) is 7.44. The van der Waals surface area contributed by atoms with Gasteiger partial charge in [0, 0.05) is 50.5 Å². The number of hydrogen-bond donors (Lipinski definition) is 1. The molecule has 2 aromatic rings. The molecule has 28 heavy (non-hydrogen) atoms. The zero-order valence-corrected chi connectivity index (χ0v) is 16.9. The third kappa shape index (κ3) is 5.14. The summed E-state index contributed by atoms with van der Waals surface area (Å²) in [6, 6.07) is 11.8. The lowest BCUT2D eigenvalue weighted by Gasteiger charge is -2.22. The molecule has 148 valence electrons. The zero-order chi connectivity index (χ0) is 20.1. The molecule has 3 rings (SSSR count). The number of sulfonamides is 1. The summed E-state index contributed by atoms with van der Waals surface area (Å²) in [6.07, 6.45) is 3.54. The van der Waals surface area contributed by atoms with E-state index >= 15 is 0 Å². The van der Waals surface area contributed by atoms with Gasteiger partial charge in [-0.1, -0.05) is 0 Å². The van der Waals surface area contributed by atoms with Crippen LogP contribution in [0.25, 0.3) is 0 Å². The molecule has 7 nitrogen and oxygen atoms in total. The fraction of sp³-hybridized carbons (Fsp3) is 0.400. The largest absolute Gasteiger partial charge is 0.309 e. The van der Waals surface area contributed by atoms with Crippen molar-refractivity contribution in [3.05, 3.63) is 59.9 Å². The minimum atomic E-state index is -3.65. The Balaban J connectivity index is 1.74. The number of benzene rings is 1. The standard InChI is InChI=1S/C20H25N5O2S/c1-24(2)13-18-14-25(12-17-7-9-22-10-8-17)15-20(18)23-28(26,27)19-5-3-16(11-21)4-6-19/h3-10,18,20,23H,12-15H2,1-2H3/t18-,20-/m1/s1. The zero-order valence-electron chi connectivity index (χ0n) is 16.1. The van der Waals surface area contributed by atoms with Crippen LogP contribution in [0.1, 0.15) is 11.1 Å². The number of hydrogen-bond acceptors (Lipinski definition) is 6. The summed E-state index contributed by atoms with van der Waals surface area (Å²) in [7, 11) is 0.347. The predicted octanol–water partition coefficient (Wildman–Crippen LogP) is 1.29. The Morgan fingerprint density at radius 2 is 1.86 bits per heavy atom. The van der Waals surface area contributed by atoms with Gasteiger partial charge in [0.2, 0.25) is 10.0 Å². The summed E-state index contributed by atoms with van der Waals surface area (Å²) >= 11 is 0. The van der Waals surface area contributed by atoms with Crippen molar-refractivity contribution >= 4 is 10.0 Å². The van der Waals surface area contributed by atoms with E-state index in [2.05, 4.69) is 19.5 Å². The van der Waals surface area contributed by atoms with Crippen molar-refractivity contribution in [1.29, 1.82) is 5.26 Å². The topological polar surface area (TPSA) is 89.3 Å². The van der Waals surface area contributed by atoms with Crippen LogP contribution in [0.4, 0.5) is 0 Å². The molecule has 1 aliphatic heterocycles. The summed E-state index contributed by atoms with van der Waals surface area (Å²) in [5.41, 5.74) is 1.60. The predicted molar refractivity (Wildman–Crippen MR) is 107 cm³/mol. The number of rotatable bonds is 7. The molecule has 1 aromatic heterocycles. The Hall–Kier alpha value is -2.31. The number of likely N-dealkylation sites (tertiary alicyclic amines) is 1. The van der Waals surface area contributed by atoms with Gasteiger partial charge >= 0.3 is 0 Å². The van der Waals surface area contributed by atoms with Crippen LogP contribution in [0.2, 0.25) is 0 Å². The van der Waals surface area contributed by atoms with Crippen LogP contribution in [0.3, 0.4) is 0 Å². The third-order valence-corrected chi connectivity index (χ3v) is 6.38. The first-order chi connectivity index (χ1) is 13.4. The van der Waals surface area contributed by atoms with E-state index in [-0.39, 0.29) is 16.9 Å². The molecule has 8 heteroatoms. The van der Waals surface area contributed by atoms with Gasteiger partial charge in [-0.2, -0.15) is 5.26 Å². The first kappa shape index (κ1) is 20.4. The molecular formula is C20H25N5O2S. The van der Waals surface area contributed by atoms with Crippen molar-refractivity contribution in [2.45, 2.75) is 17.5 Å². The van der Waals surface area contributed by atoms with Gasteiger partial charge < -0.3 is 4.90 Å². The summed E-state index contributed by atoms with van der Waals surface area (Å²) in [5.74, 6) is 0.185.